The second-order valence-corrected chi connectivity index (χ2v) is 4.85. The Balaban J connectivity index is 1.83. The normalized spacial score (nSPS) is 16.1. The summed E-state index contributed by atoms with van der Waals surface area (Å²) < 4.78 is 7.12. The maximum atomic E-state index is 11.8. The fourth-order valence-electron chi connectivity index (χ4n) is 2.21. The molecular formula is C14H21N3O3. The van der Waals surface area contributed by atoms with Crippen LogP contribution < -0.4 is 16.2 Å². The highest BCUT2D eigenvalue weighted by molar-refractivity contribution is 5.91. The van der Waals surface area contributed by atoms with Crippen molar-refractivity contribution in [3.8, 4) is 0 Å². The molecule has 1 saturated heterocycles. The molecule has 1 aromatic heterocycles. The van der Waals surface area contributed by atoms with E-state index < -0.39 is 0 Å². The summed E-state index contributed by atoms with van der Waals surface area (Å²) in [4.78, 5) is 23.2. The molecule has 0 atom stereocenters. The number of carbonyl (C=O) groups excluding carboxylic acids is 1. The number of aryl methyl sites for hydroxylation is 1. The maximum absolute atomic E-state index is 11.8. The molecule has 2 heterocycles. The third-order valence-corrected chi connectivity index (χ3v) is 3.34. The van der Waals surface area contributed by atoms with Gasteiger partial charge in [-0.1, -0.05) is 0 Å². The molecule has 0 unspecified atom stereocenters. The summed E-state index contributed by atoms with van der Waals surface area (Å²) in [5, 5.41) is 5.99. The molecule has 0 bridgehead atoms. The van der Waals surface area contributed by atoms with E-state index in [0.29, 0.717) is 12.2 Å². The van der Waals surface area contributed by atoms with Gasteiger partial charge >= 0.3 is 0 Å². The van der Waals surface area contributed by atoms with Gasteiger partial charge in [0.25, 0.3) is 5.56 Å². The molecule has 2 N–H and O–H groups in total. The number of nitrogens with zero attached hydrogens (tertiary/aromatic N) is 1. The standard InChI is InChI=1S/C14H21N3O3/c1-2-17-9-11(3-4-14(17)19)16-13(18)10-20-12-5-7-15-8-6-12/h3-4,9,12,15H,2,5-8,10H2,1H3,(H,16,18). The highest BCUT2D eigenvalue weighted by atomic mass is 16.5. The van der Waals surface area contributed by atoms with E-state index in [-0.39, 0.29) is 24.2 Å². The molecule has 6 heteroatoms. The molecule has 20 heavy (non-hydrogen) atoms. The lowest BCUT2D eigenvalue weighted by Crippen LogP contribution is -2.34. The number of carbonyl (C=O) groups is 1. The SMILES string of the molecule is CCn1cc(NC(=O)COC2CCNCC2)ccc1=O. The number of anilines is 1. The zero-order valence-electron chi connectivity index (χ0n) is 11.7. The maximum Gasteiger partial charge on any atom is 0.250 e. The van der Waals surface area contributed by atoms with Crippen LogP contribution in [0.2, 0.25) is 0 Å². The molecule has 1 aliphatic rings. The number of ether oxygens (including phenoxy) is 1. The summed E-state index contributed by atoms with van der Waals surface area (Å²) in [6, 6.07) is 3.06. The molecule has 110 valence electrons. The lowest BCUT2D eigenvalue weighted by molar-refractivity contribution is -0.123. The van der Waals surface area contributed by atoms with Gasteiger partial charge < -0.3 is 19.9 Å². The van der Waals surface area contributed by atoms with E-state index in [1.165, 1.54) is 6.07 Å². The largest absolute Gasteiger partial charge is 0.368 e. The van der Waals surface area contributed by atoms with Gasteiger partial charge in [0, 0.05) is 18.8 Å². The van der Waals surface area contributed by atoms with Crippen LogP contribution in [0.15, 0.2) is 23.1 Å². The van der Waals surface area contributed by atoms with Crippen molar-refractivity contribution in [3.05, 3.63) is 28.7 Å². The number of hydrogen-bond acceptors (Lipinski definition) is 4. The molecule has 1 fully saturated rings. The molecule has 0 aromatic carbocycles. The van der Waals surface area contributed by atoms with Crippen LogP contribution in [0.3, 0.4) is 0 Å². The van der Waals surface area contributed by atoms with Crippen molar-refractivity contribution >= 4 is 11.6 Å². The second kappa shape index (κ2) is 7.21. The fourth-order valence-corrected chi connectivity index (χ4v) is 2.21. The van der Waals surface area contributed by atoms with E-state index >= 15 is 0 Å². The monoisotopic (exact) mass is 279 g/mol. The Bertz CT molecular complexity index is 507. The van der Waals surface area contributed by atoms with Gasteiger partial charge in [-0.25, -0.2) is 0 Å². The summed E-state index contributed by atoms with van der Waals surface area (Å²) in [5.74, 6) is -0.190. The Labute approximate surface area is 118 Å². The van der Waals surface area contributed by atoms with E-state index in [1.54, 1.807) is 16.8 Å². The van der Waals surface area contributed by atoms with Crippen LogP contribution in [0.1, 0.15) is 19.8 Å². The molecule has 1 aliphatic heterocycles. The minimum Gasteiger partial charge on any atom is -0.368 e. The van der Waals surface area contributed by atoms with E-state index in [4.69, 9.17) is 4.74 Å². The number of piperidine rings is 1. The number of pyridine rings is 1. The van der Waals surface area contributed by atoms with Gasteiger partial charge in [-0.3, -0.25) is 9.59 Å². The van der Waals surface area contributed by atoms with Crippen LogP contribution in [0, 0.1) is 0 Å². The van der Waals surface area contributed by atoms with Gasteiger partial charge in [-0.15, -0.1) is 0 Å². The number of amides is 1. The number of rotatable bonds is 5. The molecule has 6 nitrogen and oxygen atoms in total. The average Bonchev–Trinajstić information content (AvgIpc) is 2.48. The first kappa shape index (κ1) is 14.7. The average molecular weight is 279 g/mol. The molecule has 1 amide bonds. The third-order valence-electron chi connectivity index (χ3n) is 3.34. The smallest absolute Gasteiger partial charge is 0.250 e. The molecular weight excluding hydrogens is 258 g/mol. The van der Waals surface area contributed by atoms with Gasteiger partial charge in [-0.2, -0.15) is 0 Å². The predicted molar refractivity (Wildman–Crippen MR) is 76.8 cm³/mol. The minimum atomic E-state index is -0.190. The second-order valence-electron chi connectivity index (χ2n) is 4.85. The molecule has 2 rings (SSSR count). The molecule has 0 aliphatic carbocycles. The van der Waals surface area contributed by atoms with Crippen LogP contribution in [0.25, 0.3) is 0 Å². The van der Waals surface area contributed by atoms with Gasteiger partial charge in [0.2, 0.25) is 5.91 Å². The number of nitrogens with one attached hydrogen (secondary N) is 2. The van der Waals surface area contributed by atoms with Gasteiger partial charge in [0.05, 0.1) is 11.8 Å². The molecule has 0 saturated carbocycles. The Kier molecular flexibility index (Phi) is 5.31. The van der Waals surface area contributed by atoms with Crippen LogP contribution in [-0.2, 0) is 16.1 Å². The summed E-state index contributed by atoms with van der Waals surface area (Å²) in [5.41, 5.74) is 0.543. The first-order valence-electron chi connectivity index (χ1n) is 7.01. The molecule has 0 spiro atoms. The summed E-state index contributed by atoms with van der Waals surface area (Å²) in [6.45, 7) is 4.39. The van der Waals surface area contributed by atoms with E-state index in [2.05, 4.69) is 10.6 Å². The highest BCUT2D eigenvalue weighted by Crippen LogP contribution is 2.08. The van der Waals surface area contributed by atoms with Crippen LogP contribution >= 0.6 is 0 Å². The van der Waals surface area contributed by atoms with Gasteiger partial charge in [0.1, 0.15) is 6.61 Å². The number of hydrogen-bond donors (Lipinski definition) is 2. The summed E-state index contributed by atoms with van der Waals surface area (Å²) in [6.07, 6.45) is 3.68. The van der Waals surface area contributed by atoms with Crippen molar-refractivity contribution in [1.82, 2.24) is 9.88 Å². The highest BCUT2D eigenvalue weighted by Gasteiger charge is 2.14. The minimum absolute atomic E-state index is 0.0515. The topological polar surface area (TPSA) is 72.4 Å². The predicted octanol–water partition coefficient (Wildman–Crippen LogP) is 0.575. The van der Waals surface area contributed by atoms with Gasteiger partial charge in [-0.05, 0) is 38.9 Å². The van der Waals surface area contributed by atoms with E-state index in [9.17, 15) is 9.59 Å². The van der Waals surface area contributed by atoms with Crippen LogP contribution in [-0.4, -0.2) is 36.3 Å². The molecule has 1 aromatic rings. The zero-order valence-corrected chi connectivity index (χ0v) is 11.7. The quantitative estimate of drug-likeness (QED) is 0.827. The van der Waals surface area contributed by atoms with Crippen molar-refractivity contribution in [3.63, 3.8) is 0 Å². The first-order valence-corrected chi connectivity index (χ1v) is 7.01. The van der Waals surface area contributed by atoms with Crippen molar-refractivity contribution in [2.75, 3.05) is 25.0 Å². The number of aromatic nitrogens is 1. The van der Waals surface area contributed by atoms with Crippen LogP contribution in [0.5, 0.6) is 0 Å². The molecule has 0 radical (unpaired) electrons. The Morgan fingerprint density at radius 2 is 2.20 bits per heavy atom. The van der Waals surface area contributed by atoms with Crippen molar-refractivity contribution in [1.29, 1.82) is 0 Å². The lowest BCUT2D eigenvalue weighted by Gasteiger charge is -2.22. The zero-order chi connectivity index (χ0) is 14.4. The van der Waals surface area contributed by atoms with Crippen molar-refractivity contribution in [2.24, 2.45) is 0 Å². The van der Waals surface area contributed by atoms with E-state index in [1.807, 2.05) is 6.92 Å². The summed E-state index contributed by atoms with van der Waals surface area (Å²) >= 11 is 0. The van der Waals surface area contributed by atoms with Crippen molar-refractivity contribution in [2.45, 2.75) is 32.4 Å². The van der Waals surface area contributed by atoms with Crippen molar-refractivity contribution < 1.29 is 9.53 Å². The van der Waals surface area contributed by atoms with Crippen LogP contribution in [0.4, 0.5) is 5.69 Å². The summed E-state index contributed by atoms with van der Waals surface area (Å²) in [7, 11) is 0. The van der Waals surface area contributed by atoms with Gasteiger partial charge in [0.15, 0.2) is 0 Å². The third kappa shape index (κ3) is 4.18. The Morgan fingerprint density at radius 1 is 1.45 bits per heavy atom. The lowest BCUT2D eigenvalue weighted by atomic mass is 10.1. The Hall–Kier alpha value is -1.66. The Morgan fingerprint density at radius 3 is 2.90 bits per heavy atom. The fraction of sp³-hybridized carbons (Fsp3) is 0.571. The first-order chi connectivity index (χ1) is 9.69. The van der Waals surface area contributed by atoms with E-state index in [0.717, 1.165) is 25.9 Å².